The molecule has 8 atom stereocenters. The number of hydrogen-bond acceptors (Lipinski definition) is 3. The van der Waals surface area contributed by atoms with Crippen molar-refractivity contribution in [3.63, 3.8) is 0 Å². The quantitative estimate of drug-likeness (QED) is 0.396. The zero-order chi connectivity index (χ0) is 20.8. The van der Waals surface area contributed by atoms with E-state index in [-0.39, 0.29) is 5.97 Å². The first-order valence-corrected chi connectivity index (χ1v) is 12.5. The first kappa shape index (κ1) is 21.4. The van der Waals surface area contributed by atoms with Gasteiger partial charge in [-0.1, -0.05) is 33.6 Å². The Morgan fingerprint density at radius 2 is 1.69 bits per heavy atom. The molecule has 3 nitrogen and oxygen atoms in total. The van der Waals surface area contributed by atoms with Crippen LogP contribution in [0.3, 0.4) is 0 Å². The van der Waals surface area contributed by atoms with E-state index in [0.717, 1.165) is 36.0 Å². The summed E-state index contributed by atoms with van der Waals surface area (Å²) < 4.78 is 4.75. The predicted molar refractivity (Wildman–Crippen MR) is 115 cm³/mol. The summed E-state index contributed by atoms with van der Waals surface area (Å²) in [6, 6.07) is 0. The number of esters is 2. The molecule has 0 spiro atoms. The Bertz CT molecular complexity index is 642. The molecule has 0 aromatic rings. The Morgan fingerprint density at radius 3 is 2.45 bits per heavy atom. The number of hydrogen-bond donors (Lipinski definition) is 0. The highest BCUT2D eigenvalue weighted by Crippen LogP contribution is 2.68. The highest BCUT2D eigenvalue weighted by atomic mass is 16.6. The third-order valence-corrected chi connectivity index (χ3v) is 10.4. The molecule has 0 N–H and O–H groups in total. The van der Waals surface area contributed by atoms with Crippen LogP contribution in [-0.4, -0.2) is 11.9 Å². The van der Waals surface area contributed by atoms with Gasteiger partial charge in [-0.15, -0.1) is 0 Å². The van der Waals surface area contributed by atoms with Gasteiger partial charge in [-0.2, -0.15) is 0 Å². The summed E-state index contributed by atoms with van der Waals surface area (Å²) in [6.07, 6.45) is 15.6. The Morgan fingerprint density at radius 1 is 0.931 bits per heavy atom. The molecule has 4 fully saturated rings. The summed E-state index contributed by atoms with van der Waals surface area (Å²) in [7, 11) is 0. The van der Waals surface area contributed by atoms with E-state index >= 15 is 0 Å². The van der Waals surface area contributed by atoms with Crippen LogP contribution in [-0.2, 0) is 14.3 Å². The first-order valence-electron chi connectivity index (χ1n) is 12.5. The lowest BCUT2D eigenvalue weighted by Crippen LogP contribution is -2.53. The van der Waals surface area contributed by atoms with Crippen LogP contribution in [0.25, 0.3) is 0 Å². The van der Waals surface area contributed by atoms with Gasteiger partial charge in [0.05, 0.1) is 0 Å². The fourth-order valence-electron chi connectivity index (χ4n) is 9.03. The van der Waals surface area contributed by atoms with Crippen molar-refractivity contribution in [1.29, 1.82) is 0 Å². The van der Waals surface area contributed by atoms with Crippen LogP contribution in [0.5, 0.6) is 0 Å². The second-order valence-electron chi connectivity index (χ2n) is 11.6. The molecular formula is C26H42O3. The molecule has 0 radical (unpaired) electrons. The van der Waals surface area contributed by atoms with Gasteiger partial charge in [-0.25, -0.2) is 0 Å². The zero-order valence-corrected chi connectivity index (χ0v) is 19.2. The average Bonchev–Trinajstić information content (AvgIpc) is 3.02. The molecule has 4 aliphatic rings. The van der Waals surface area contributed by atoms with Crippen LogP contribution in [0.4, 0.5) is 0 Å². The van der Waals surface area contributed by atoms with Crippen molar-refractivity contribution in [3.05, 3.63) is 0 Å². The number of rotatable bonds is 4. The van der Waals surface area contributed by atoms with Gasteiger partial charge >= 0.3 is 11.9 Å². The Labute approximate surface area is 177 Å². The lowest BCUT2D eigenvalue weighted by atomic mass is 9.44. The van der Waals surface area contributed by atoms with Crippen molar-refractivity contribution >= 4 is 11.9 Å². The lowest BCUT2D eigenvalue weighted by molar-refractivity contribution is -0.158. The minimum atomic E-state index is -0.485. The monoisotopic (exact) mass is 402 g/mol. The molecule has 0 bridgehead atoms. The molecule has 4 rings (SSSR count). The third-order valence-electron chi connectivity index (χ3n) is 10.4. The van der Waals surface area contributed by atoms with Gasteiger partial charge < -0.3 is 4.74 Å². The highest BCUT2D eigenvalue weighted by Gasteiger charge is 2.60. The number of ether oxygens (including phenoxy) is 1. The summed E-state index contributed by atoms with van der Waals surface area (Å²) in [5, 5.41) is 0. The molecular weight excluding hydrogens is 360 g/mol. The van der Waals surface area contributed by atoms with Crippen LogP contribution in [0.2, 0.25) is 0 Å². The van der Waals surface area contributed by atoms with Gasteiger partial charge in [0.15, 0.2) is 0 Å². The Balaban J connectivity index is 1.44. The maximum Gasteiger partial charge on any atom is 0.313 e. The molecule has 0 aliphatic heterocycles. The minimum Gasteiger partial charge on any atom is -0.393 e. The summed E-state index contributed by atoms with van der Waals surface area (Å²) in [5.41, 5.74) is 1.06. The molecule has 3 heteroatoms. The normalized spacial score (nSPS) is 44.9. The highest BCUT2D eigenvalue weighted by molar-refractivity contribution is 5.83. The Hall–Kier alpha value is -0.860. The lowest BCUT2D eigenvalue weighted by Gasteiger charge is -2.61. The molecule has 0 aromatic heterocycles. The molecule has 0 heterocycles. The van der Waals surface area contributed by atoms with Crippen LogP contribution < -0.4 is 0 Å². The smallest absolute Gasteiger partial charge is 0.313 e. The summed E-state index contributed by atoms with van der Waals surface area (Å²) in [4.78, 5) is 22.9. The third kappa shape index (κ3) is 3.69. The summed E-state index contributed by atoms with van der Waals surface area (Å²) in [6.45, 7) is 8.89. The van der Waals surface area contributed by atoms with E-state index in [4.69, 9.17) is 4.74 Å². The molecule has 29 heavy (non-hydrogen) atoms. The molecule has 4 aliphatic carbocycles. The SMILES string of the molecule is CC(=O)OC(=O)CC[C@@H](C)[C@H]1CC[C@H]2[C@@H]3CCC4CCCC[C@]4(C)[C@H]3CC[C@]12C. The minimum absolute atomic E-state index is 0.351. The summed E-state index contributed by atoms with van der Waals surface area (Å²) >= 11 is 0. The fraction of sp³-hybridized carbons (Fsp3) is 0.923. The van der Waals surface area contributed by atoms with E-state index in [1.807, 2.05) is 0 Å². The maximum atomic E-state index is 11.8. The van der Waals surface area contributed by atoms with E-state index in [2.05, 4.69) is 20.8 Å². The van der Waals surface area contributed by atoms with Crippen molar-refractivity contribution in [2.45, 2.75) is 105 Å². The van der Waals surface area contributed by atoms with E-state index < -0.39 is 5.97 Å². The van der Waals surface area contributed by atoms with Gasteiger partial charge in [-0.3, -0.25) is 9.59 Å². The second-order valence-corrected chi connectivity index (χ2v) is 11.6. The van der Waals surface area contributed by atoms with Gasteiger partial charge in [-0.05, 0) is 104 Å². The number of carbonyl (C=O) groups excluding carboxylic acids is 2. The van der Waals surface area contributed by atoms with Gasteiger partial charge in [0.1, 0.15) is 0 Å². The Kier molecular flexibility index (Phi) is 5.90. The molecule has 4 saturated carbocycles. The van der Waals surface area contributed by atoms with Crippen molar-refractivity contribution in [2.75, 3.05) is 0 Å². The summed E-state index contributed by atoms with van der Waals surface area (Å²) in [5.74, 6) is 4.19. The van der Waals surface area contributed by atoms with Crippen molar-refractivity contribution in [3.8, 4) is 0 Å². The van der Waals surface area contributed by atoms with E-state index in [0.29, 0.717) is 23.2 Å². The first-order chi connectivity index (χ1) is 13.8. The topological polar surface area (TPSA) is 43.4 Å². The molecule has 0 aromatic carbocycles. The van der Waals surface area contributed by atoms with Gasteiger partial charge in [0.2, 0.25) is 0 Å². The largest absolute Gasteiger partial charge is 0.393 e. The fourth-order valence-corrected chi connectivity index (χ4v) is 9.03. The molecule has 0 saturated heterocycles. The van der Waals surface area contributed by atoms with Crippen LogP contribution in [0, 0.1) is 46.3 Å². The van der Waals surface area contributed by atoms with Crippen molar-refractivity contribution < 1.29 is 14.3 Å². The van der Waals surface area contributed by atoms with Gasteiger partial charge in [0, 0.05) is 13.3 Å². The van der Waals surface area contributed by atoms with Crippen LogP contribution in [0.1, 0.15) is 105 Å². The van der Waals surface area contributed by atoms with E-state index in [1.165, 1.54) is 71.1 Å². The maximum absolute atomic E-state index is 11.8. The molecule has 0 amide bonds. The molecule has 1 unspecified atom stereocenters. The average molecular weight is 403 g/mol. The zero-order valence-electron chi connectivity index (χ0n) is 19.2. The van der Waals surface area contributed by atoms with E-state index in [1.54, 1.807) is 0 Å². The van der Waals surface area contributed by atoms with Crippen LogP contribution >= 0.6 is 0 Å². The number of carbonyl (C=O) groups is 2. The van der Waals surface area contributed by atoms with E-state index in [9.17, 15) is 9.59 Å². The second kappa shape index (κ2) is 8.00. The van der Waals surface area contributed by atoms with Crippen molar-refractivity contribution in [2.24, 2.45) is 46.3 Å². The van der Waals surface area contributed by atoms with Gasteiger partial charge in [0.25, 0.3) is 0 Å². The van der Waals surface area contributed by atoms with Crippen LogP contribution in [0.15, 0.2) is 0 Å². The van der Waals surface area contributed by atoms with Crippen molar-refractivity contribution in [1.82, 2.24) is 0 Å². The number of fused-ring (bicyclic) bond motifs is 5. The predicted octanol–water partition coefficient (Wildman–Crippen LogP) is 6.54. The standard InChI is InChI=1S/C26H42O3/c1-17(8-13-24(28)29-18(2)27)21-11-12-22-20-10-9-19-7-5-6-15-25(19,3)23(20)14-16-26(21,22)4/h17,19-23H,5-16H2,1-4H3/t17-,19?,20+,21-,22+,23+,25+,26-/m1/s1. The molecule has 164 valence electrons.